The molecule has 0 radical (unpaired) electrons. The van der Waals surface area contributed by atoms with Gasteiger partial charge in [0.15, 0.2) is 0 Å². The van der Waals surface area contributed by atoms with Gasteiger partial charge in [0.05, 0.1) is 21.3 Å². The Morgan fingerprint density at radius 2 is 1.97 bits per heavy atom. The Morgan fingerprint density at radius 1 is 1.21 bits per heavy atom. The quantitative estimate of drug-likeness (QED) is 0.321. The fourth-order valence-corrected chi connectivity index (χ4v) is 5.96. The van der Waals surface area contributed by atoms with Crippen molar-refractivity contribution in [2.24, 2.45) is 0 Å². The number of nitrogens with one attached hydrogen (secondary N) is 1. The Labute approximate surface area is 206 Å². The van der Waals surface area contributed by atoms with Crippen LogP contribution in [0.15, 0.2) is 29.8 Å². The van der Waals surface area contributed by atoms with Gasteiger partial charge in [-0.1, -0.05) is 29.3 Å². The summed E-state index contributed by atoms with van der Waals surface area (Å²) in [6, 6.07) is 11.2. The standard InChI is InChI=1S/C25H20Cl2N4OS/c1-14-10-16(11-17(12-28)24(32)30-21-8-5-7-20(26)23(21)27)15(2)31(14)25-19(13-29)18-6-3-4-9-22(18)33-25/h5,7-8,10-11H,3-4,6,9H2,1-2H3,(H,30,32)/b17-11-. The molecular weight excluding hydrogens is 475 g/mol. The minimum Gasteiger partial charge on any atom is -0.320 e. The van der Waals surface area contributed by atoms with E-state index in [1.54, 1.807) is 35.6 Å². The molecule has 2 heterocycles. The minimum atomic E-state index is -0.573. The zero-order valence-electron chi connectivity index (χ0n) is 18.1. The van der Waals surface area contributed by atoms with Gasteiger partial charge in [0.25, 0.3) is 5.91 Å². The number of anilines is 1. The summed E-state index contributed by atoms with van der Waals surface area (Å²) < 4.78 is 2.05. The Morgan fingerprint density at radius 3 is 2.70 bits per heavy atom. The molecule has 0 saturated carbocycles. The zero-order valence-corrected chi connectivity index (χ0v) is 20.5. The number of aryl methyl sites for hydroxylation is 2. The summed E-state index contributed by atoms with van der Waals surface area (Å²) in [5, 5.41) is 23.6. The molecule has 0 bridgehead atoms. The van der Waals surface area contributed by atoms with Gasteiger partial charge in [0.1, 0.15) is 22.7 Å². The molecule has 2 aromatic heterocycles. The third-order valence-electron chi connectivity index (χ3n) is 5.80. The van der Waals surface area contributed by atoms with Crippen LogP contribution >= 0.6 is 34.5 Å². The number of carbonyl (C=O) groups is 1. The van der Waals surface area contributed by atoms with E-state index in [1.165, 1.54) is 10.4 Å². The molecule has 166 valence electrons. The van der Waals surface area contributed by atoms with Crippen LogP contribution in [0.3, 0.4) is 0 Å². The van der Waals surface area contributed by atoms with Crippen LogP contribution in [0.2, 0.25) is 10.0 Å². The van der Waals surface area contributed by atoms with E-state index in [0.29, 0.717) is 10.7 Å². The average molecular weight is 495 g/mol. The van der Waals surface area contributed by atoms with E-state index in [1.807, 2.05) is 30.6 Å². The highest BCUT2D eigenvalue weighted by Crippen LogP contribution is 2.38. The van der Waals surface area contributed by atoms with Crippen molar-refractivity contribution in [2.45, 2.75) is 39.5 Å². The molecule has 1 N–H and O–H groups in total. The number of fused-ring (bicyclic) bond motifs is 1. The Hall–Kier alpha value is -3.03. The van der Waals surface area contributed by atoms with Gasteiger partial charge in [-0.15, -0.1) is 11.3 Å². The highest BCUT2D eigenvalue weighted by Gasteiger charge is 2.24. The van der Waals surface area contributed by atoms with Gasteiger partial charge in [-0.05, 0) is 74.9 Å². The zero-order chi connectivity index (χ0) is 23.7. The van der Waals surface area contributed by atoms with Crippen molar-refractivity contribution >= 4 is 52.2 Å². The van der Waals surface area contributed by atoms with Crippen LogP contribution in [-0.2, 0) is 17.6 Å². The third-order valence-corrected chi connectivity index (χ3v) is 7.90. The van der Waals surface area contributed by atoms with Gasteiger partial charge in [-0.2, -0.15) is 10.5 Å². The van der Waals surface area contributed by atoms with E-state index in [-0.39, 0.29) is 10.6 Å². The highest BCUT2D eigenvalue weighted by atomic mass is 35.5. The molecule has 1 aromatic carbocycles. The maximum Gasteiger partial charge on any atom is 0.266 e. The van der Waals surface area contributed by atoms with Gasteiger partial charge >= 0.3 is 0 Å². The summed E-state index contributed by atoms with van der Waals surface area (Å²) >= 11 is 13.8. The molecule has 1 aliphatic rings. The van der Waals surface area contributed by atoms with Crippen LogP contribution in [-0.4, -0.2) is 10.5 Å². The molecule has 0 saturated heterocycles. The number of rotatable bonds is 4. The van der Waals surface area contributed by atoms with Crippen LogP contribution in [0.5, 0.6) is 0 Å². The molecule has 5 nitrogen and oxygen atoms in total. The normalized spacial score (nSPS) is 13.2. The molecule has 4 rings (SSSR count). The second-order valence-electron chi connectivity index (χ2n) is 7.89. The second-order valence-corrected chi connectivity index (χ2v) is 9.76. The van der Waals surface area contributed by atoms with Crippen molar-refractivity contribution < 1.29 is 4.79 Å². The lowest BCUT2D eigenvalue weighted by atomic mass is 9.96. The summed E-state index contributed by atoms with van der Waals surface area (Å²) in [5.74, 6) is -0.573. The Bertz CT molecular complexity index is 1380. The first-order chi connectivity index (χ1) is 15.8. The molecule has 3 aromatic rings. The van der Waals surface area contributed by atoms with Gasteiger partial charge < -0.3 is 9.88 Å². The highest BCUT2D eigenvalue weighted by molar-refractivity contribution is 7.15. The lowest BCUT2D eigenvalue weighted by molar-refractivity contribution is -0.112. The summed E-state index contributed by atoms with van der Waals surface area (Å²) in [4.78, 5) is 14.1. The number of nitrogens with zero attached hydrogens (tertiary/aromatic N) is 3. The molecule has 8 heteroatoms. The maximum absolute atomic E-state index is 12.8. The van der Waals surface area contributed by atoms with E-state index in [2.05, 4.69) is 11.4 Å². The summed E-state index contributed by atoms with van der Waals surface area (Å²) in [6.07, 6.45) is 5.75. The number of benzene rings is 1. The van der Waals surface area contributed by atoms with Gasteiger partial charge in [-0.25, -0.2) is 0 Å². The van der Waals surface area contributed by atoms with Crippen molar-refractivity contribution in [2.75, 3.05) is 5.32 Å². The molecular formula is C25H20Cl2N4OS. The number of amides is 1. The predicted molar refractivity (Wildman–Crippen MR) is 133 cm³/mol. The van der Waals surface area contributed by atoms with E-state index >= 15 is 0 Å². The largest absolute Gasteiger partial charge is 0.320 e. The fourth-order valence-electron chi connectivity index (χ4n) is 4.16. The van der Waals surface area contributed by atoms with E-state index in [4.69, 9.17) is 23.2 Å². The van der Waals surface area contributed by atoms with Crippen LogP contribution in [0.4, 0.5) is 5.69 Å². The summed E-state index contributed by atoms with van der Waals surface area (Å²) in [6.45, 7) is 3.89. The molecule has 1 amide bonds. The Kier molecular flexibility index (Phi) is 6.63. The van der Waals surface area contributed by atoms with E-state index in [9.17, 15) is 15.3 Å². The van der Waals surface area contributed by atoms with Gasteiger partial charge in [-0.3, -0.25) is 4.79 Å². The average Bonchev–Trinajstić information content (AvgIpc) is 3.30. The smallest absolute Gasteiger partial charge is 0.266 e. The SMILES string of the molecule is Cc1cc(/C=C(/C#N)C(=O)Nc2cccc(Cl)c2Cl)c(C)n1-c1sc2c(c1C#N)CCCC2. The number of thiophene rings is 1. The number of nitriles is 2. The molecule has 0 atom stereocenters. The van der Waals surface area contributed by atoms with Gasteiger partial charge in [0.2, 0.25) is 0 Å². The first-order valence-corrected chi connectivity index (χ1v) is 12.0. The number of halogens is 2. The van der Waals surface area contributed by atoms with Crippen LogP contribution < -0.4 is 5.32 Å². The molecule has 1 aliphatic carbocycles. The Balaban J connectivity index is 1.71. The van der Waals surface area contributed by atoms with Crippen LogP contribution in [0, 0.1) is 36.5 Å². The van der Waals surface area contributed by atoms with Gasteiger partial charge in [0, 0.05) is 16.3 Å². The second kappa shape index (κ2) is 9.45. The molecule has 0 aliphatic heterocycles. The first-order valence-electron chi connectivity index (χ1n) is 10.5. The number of aromatic nitrogens is 1. The van der Waals surface area contributed by atoms with Crippen molar-refractivity contribution in [3.8, 4) is 17.1 Å². The number of hydrogen-bond acceptors (Lipinski definition) is 4. The third kappa shape index (κ3) is 4.30. The first kappa shape index (κ1) is 23.1. The van der Waals surface area contributed by atoms with Crippen LogP contribution in [0.1, 0.15) is 45.8 Å². The molecule has 33 heavy (non-hydrogen) atoms. The minimum absolute atomic E-state index is 0.0581. The number of carbonyl (C=O) groups excluding carboxylic acids is 1. The summed E-state index contributed by atoms with van der Waals surface area (Å²) in [7, 11) is 0. The van der Waals surface area contributed by atoms with Crippen molar-refractivity contribution in [1.29, 1.82) is 10.5 Å². The molecule has 0 unspecified atom stereocenters. The van der Waals surface area contributed by atoms with Crippen molar-refractivity contribution in [1.82, 2.24) is 4.57 Å². The topological polar surface area (TPSA) is 81.6 Å². The van der Waals surface area contributed by atoms with Crippen LogP contribution in [0.25, 0.3) is 11.1 Å². The maximum atomic E-state index is 12.8. The monoisotopic (exact) mass is 494 g/mol. The van der Waals surface area contributed by atoms with Crippen molar-refractivity contribution in [3.63, 3.8) is 0 Å². The molecule has 0 fully saturated rings. The van der Waals surface area contributed by atoms with E-state index < -0.39 is 5.91 Å². The predicted octanol–water partition coefficient (Wildman–Crippen LogP) is 6.76. The lowest BCUT2D eigenvalue weighted by Crippen LogP contribution is -2.13. The van der Waals surface area contributed by atoms with E-state index in [0.717, 1.165) is 53.2 Å². The van der Waals surface area contributed by atoms with Crippen molar-refractivity contribution in [3.05, 3.63) is 72.8 Å². The summed E-state index contributed by atoms with van der Waals surface area (Å²) in [5.41, 5.74) is 4.73. The molecule has 0 spiro atoms. The lowest BCUT2D eigenvalue weighted by Gasteiger charge is -2.10. The number of hydrogen-bond donors (Lipinski definition) is 1. The fraction of sp³-hybridized carbons (Fsp3) is 0.240.